The fraction of sp³-hybridized carbons (Fsp3) is 0.136. The molecule has 29 heavy (non-hydrogen) atoms. The van der Waals surface area contributed by atoms with E-state index in [1.165, 1.54) is 10.2 Å². The lowest BCUT2D eigenvalue weighted by Gasteiger charge is -2.03. The van der Waals surface area contributed by atoms with Crippen LogP contribution in [0.5, 0.6) is 0 Å². The molecule has 0 aliphatic carbocycles. The van der Waals surface area contributed by atoms with Crippen LogP contribution in [0.15, 0.2) is 59.1 Å². The average molecular weight is 406 g/mol. The zero-order valence-electron chi connectivity index (χ0n) is 15.6. The summed E-state index contributed by atoms with van der Waals surface area (Å²) >= 11 is 6.54. The molecule has 0 spiro atoms. The minimum atomic E-state index is -0.543. The SMILES string of the molecule is CCOC(=O)c1cc(-c2ccc3c(c2)c(C#N)c(Cc2ccccc2)n3Cl)on1. The van der Waals surface area contributed by atoms with Gasteiger partial charge in [0.25, 0.3) is 0 Å². The number of aromatic nitrogens is 2. The van der Waals surface area contributed by atoms with Crippen LogP contribution in [0.25, 0.3) is 22.2 Å². The molecule has 0 radical (unpaired) electrons. The van der Waals surface area contributed by atoms with E-state index in [1.54, 1.807) is 6.92 Å². The van der Waals surface area contributed by atoms with Gasteiger partial charge in [-0.3, -0.25) is 4.09 Å². The van der Waals surface area contributed by atoms with Gasteiger partial charge < -0.3 is 9.26 Å². The second-order valence-corrected chi connectivity index (χ2v) is 6.74. The Balaban J connectivity index is 1.76. The van der Waals surface area contributed by atoms with E-state index in [2.05, 4.69) is 11.2 Å². The number of hydrogen-bond donors (Lipinski definition) is 0. The van der Waals surface area contributed by atoms with Crippen LogP contribution in [0.1, 0.15) is 34.2 Å². The Bertz CT molecular complexity index is 1240. The van der Waals surface area contributed by atoms with E-state index < -0.39 is 5.97 Å². The number of carbonyl (C=O) groups excluding carboxylic acids is 1. The summed E-state index contributed by atoms with van der Waals surface area (Å²) in [6, 6.07) is 19.1. The summed E-state index contributed by atoms with van der Waals surface area (Å²) in [6.45, 7) is 1.98. The minimum Gasteiger partial charge on any atom is -0.461 e. The van der Waals surface area contributed by atoms with Crippen LogP contribution in [-0.4, -0.2) is 21.8 Å². The van der Waals surface area contributed by atoms with Gasteiger partial charge in [-0.1, -0.05) is 35.5 Å². The van der Waals surface area contributed by atoms with Crippen LogP contribution in [-0.2, 0) is 11.2 Å². The average Bonchev–Trinajstić information content (AvgIpc) is 3.33. The molecule has 4 rings (SSSR count). The van der Waals surface area contributed by atoms with Crippen molar-refractivity contribution in [3.05, 3.63) is 77.1 Å². The number of fused-ring (bicyclic) bond motifs is 1. The van der Waals surface area contributed by atoms with Crippen molar-refractivity contribution < 1.29 is 14.1 Å². The maximum absolute atomic E-state index is 11.8. The highest BCUT2D eigenvalue weighted by molar-refractivity contribution is 6.20. The zero-order valence-corrected chi connectivity index (χ0v) is 16.3. The molecule has 0 aliphatic rings. The molecule has 0 unspecified atom stereocenters. The number of halogens is 1. The third-order valence-electron chi connectivity index (χ3n) is 4.61. The topological polar surface area (TPSA) is 81.0 Å². The molecule has 0 atom stereocenters. The summed E-state index contributed by atoms with van der Waals surface area (Å²) < 4.78 is 11.8. The van der Waals surface area contributed by atoms with Gasteiger partial charge in [0.2, 0.25) is 0 Å². The fourth-order valence-electron chi connectivity index (χ4n) is 3.24. The first-order chi connectivity index (χ1) is 14.1. The minimum absolute atomic E-state index is 0.0992. The maximum Gasteiger partial charge on any atom is 0.360 e. The van der Waals surface area contributed by atoms with Crippen molar-refractivity contribution in [2.45, 2.75) is 13.3 Å². The molecule has 7 heteroatoms. The van der Waals surface area contributed by atoms with Crippen molar-refractivity contribution in [1.29, 1.82) is 5.26 Å². The highest BCUT2D eigenvalue weighted by Gasteiger charge is 2.19. The molecule has 2 aromatic carbocycles. The van der Waals surface area contributed by atoms with Gasteiger partial charge in [-0.25, -0.2) is 4.79 Å². The first-order valence-electron chi connectivity index (χ1n) is 9.04. The molecule has 2 heterocycles. The molecular formula is C22H16ClN3O3. The van der Waals surface area contributed by atoms with Gasteiger partial charge in [0.05, 0.1) is 23.4 Å². The number of carbonyl (C=O) groups is 1. The van der Waals surface area contributed by atoms with E-state index in [4.69, 9.17) is 21.0 Å². The Hall–Kier alpha value is -3.56. The van der Waals surface area contributed by atoms with Gasteiger partial charge in [-0.15, -0.1) is 0 Å². The van der Waals surface area contributed by atoms with Crippen molar-refractivity contribution >= 4 is 28.6 Å². The Morgan fingerprint density at radius 1 is 1.24 bits per heavy atom. The monoisotopic (exact) mass is 405 g/mol. The van der Waals surface area contributed by atoms with Crippen LogP contribution < -0.4 is 0 Å². The first-order valence-corrected chi connectivity index (χ1v) is 9.38. The van der Waals surface area contributed by atoms with E-state index in [-0.39, 0.29) is 12.3 Å². The second kappa shape index (κ2) is 7.82. The molecular weight excluding hydrogens is 390 g/mol. The summed E-state index contributed by atoms with van der Waals surface area (Å²) in [5.74, 6) is -0.135. The highest BCUT2D eigenvalue weighted by atomic mass is 35.5. The summed E-state index contributed by atoms with van der Waals surface area (Å²) in [5.41, 5.74) is 3.79. The van der Waals surface area contributed by atoms with E-state index in [9.17, 15) is 10.1 Å². The van der Waals surface area contributed by atoms with Crippen molar-refractivity contribution in [2.75, 3.05) is 6.61 Å². The van der Waals surface area contributed by atoms with Crippen molar-refractivity contribution in [3.63, 3.8) is 0 Å². The van der Waals surface area contributed by atoms with Crippen molar-refractivity contribution in [2.24, 2.45) is 0 Å². The Morgan fingerprint density at radius 3 is 2.76 bits per heavy atom. The Kier molecular flexibility index (Phi) is 5.07. The lowest BCUT2D eigenvalue weighted by atomic mass is 10.0. The zero-order chi connectivity index (χ0) is 20.4. The summed E-state index contributed by atoms with van der Waals surface area (Å²) in [5, 5.41) is 14.3. The molecule has 2 aromatic heterocycles. The van der Waals surface area contributed by atoms with Crippen LogP contribution in [0.3, 0.4) is 0 Å². The second-order valence-electron chi connectivity index (χ2n) is 6.41. The molecule has 0 saturated carbocycles. The third kappa shape index (κ3) is 3.48. The predicted molar refractivity (Wildman–Crippen MR) is 109 cm³/mol. The first kappa shape index (κ1) is 18.8. The molecule has 4 aromatic rings. The van der Waals surface area contributed by atoms with Crippen LogP contribution in [0.4, 0.5) is 0 Å². The number of rotatable bonds is 5. The number of nitrogens with zero attached hydrogens (tertiary/aromatic N) is 3. The van der Waals surface area contributed by atoms with Crippen LogP contribution >= 0.6 is 11.8 Å². The summed E-state index contributed by atoms with van der Waals surface area (Å²) in [6.07, 6.45) is 0.534. The van der Waals surface area contributed by atoms with E-state index in [1.807, 2.05) is 48.5 Å². The normalized spacial score (nSPS) is 10.8. The molecule has 0 saturated heterocycles. The predicted octanol–water partition coefficient (Wildman–Crippen LogP) is 4.94. The summed E-state index contributed by atoms with van der Waals surface area (Å²) in [4.78, 5) is 11.8. The molecule has 0 aliphatic heterocycles. The maximum atomic E-state index is 11.8. The van der Waals surface area contributed by atoms with Crippen LogP contribution in [0.2, 0.25) is 0 Å². The number of esters is 1. The Labute approximate surface area is 172 Å². The third-order valence-corrected chi connectivity index (χ3v) is 4.99. The van der Waals surface area contributed by atoms with E-state index >= 15 is 0 Å². The van der Waals surface area contributed by atoms with Gasteiger partial charge >= 0.3 is 5.97 Å². The molecule has 6 nitrogen and oxygen atoms in total. The van der Waals surface area contributed by atoms with Gasteiger partial charge in [0.15, 0.2) is 11.5 Å². The standard InChI is InChI=1S/C22H16ClN3O3/c1-2-28-22(27)18-12-21(29-25-18)15-8-9-19-16(11-15)17(13-24)20(26(19)23)10-14-6-4-3-5-7-14/h3-9,11-12H,2,10H2,1H3. The fourth-order valence-corrected chi connectivity index (χ4v) is 3.54. The quantitative estimate of drug-likeness (QED) is 0.439. The molecule has 0 fully saturated rings. The van der Waals surface area contributed by atoms with Gasteiger partial charge in [-0.2, -0.15) is 5.26 Å². The molecule has 0 N–H and O–H groups in total. The number of hydrogen-bond acceptors (Lipinski definition) is 5. The Morgan fingerprint density at radius 2 is 2.03 bits per heavy atom. The smallest absolute Gasteiger partial charge is 0.360 e. The van der Waals surface area contributed by atoms with Crippen LogP contribution in [0, 0.1) is 11.3 Å². The lowest BCUT2D eigenvalue weighted by molar-refractivity contribution is 0.0514. The van der Waals surface area contributed by atoms with E-state index in [0.717, 1.165) is 16.8 Å². The number of benzene rings is 2. The molecule has 0 amide bonds. The largest absolute Gasteiger partial charge is 0.461 e. The van der Waals surface area contributed by atoms with Crippen molar-refractivity contribution in [3.8, 4) is 17.4 Å². The number of ether oxygens (including phenoxy) is 1. The lowest BCUT2D eigenvalue weighted by Crippen LogP contribution is -2.04. The number of nitriles is 1. The van der Waals surface area contributed by atoms with E-state index in [0.29, 0.717) is 28.7 Å². The van der Waals surface area contributed by atoms with Gasteiger partial charge in [0.1, 0.15) is 6.07 Å². The highest BCUT2D eigenvalue weighted by Crippen LogP contribution is 2.32. The van der Waals surface area contributed by atoms with Gasteiger partial charge in [0, 0.05) is 35.2 Å². The molecule has 0 bridgehead atoms. The van der Waals surface area contributed by atoms with Gasteiger partial charge in [-0.05, 0) is 30.7 Å². The summed E-state index contributed by atoms with van der Waals surface area (Å²) in [7, 11) is 0. The molecule has 144 valence electrons. The van der Waals surface area contributed by atoms with Crippen molar-refractivity contribution in [1.82, 2.24) is 9.24 Å².